The number of anilines is 1. The minimum atomic E-state index is -0.939. The molecule has 1 saturated carbocycles. The molecule has 0 spiro atoms. The quantitative estimate of drug-likeness (QED) is 0.370. The number of carboxylic acid groups (broad SMARTS) is 1. The molecule has 2 N–H and O–H groups in total. The van der Waals surface area contributed by atoms with Crippen molar-refractivity contribution < 1.29 is 14.6 Å². The van der Waals surface area contributed by atoms with Gasteiger partial charge in [0, 0.05) is 50.5 Å². The van der Waals surface area contributed by atoms with E-state index in [-0.39, 0.29) is 17.5 Å². The second kappa shape index (κ2) is 10.8. The van der Waals surface area contributed by atoms with Crippen LogP contribution in [0.2, 0.25) is 5.02 Å². The first kappa shape index (κ1) is 27.3. The number of benzene rings is 1. The molecule has 0 bridgehead atoms. The lowest BCUT2D eigenvalue weighted by Gasteiger charge is -2.32. The van der Waals surface area contributed by atoms with Gasteiger partial charge in [0.25, 0.3) is 5.56 Å². The third-order valence-corrected chi connectivity index (χ3v) is 9.99. The standard InChI is InChI=1S/C30H35ClN4O4S/c1-16-12-22(28-27(32-16)24(15-40-28)30(37)38)21-13-18(31)4-9-26(21)39-11-10-35-17(2)33-25-8-7-20(14-23(25)29(35)36)34(3)19-5-6-19/h4,9,13,15-16,19-20,22,32H,5-8,10-12,14H2,1-3H3,(H,37,38). The molecular weight excluding hydrogens is 548 g/mol. The molecule has 40 heavy (non-hydrogen) atoms. The molecule has 8 nitrogen and oxygen atoms in total. The second-order valence-electron chi connectivity index (χ2n) is 11.4. The number of nitrogens with zero attached hydrogens (tertiary/aromatic N) is 3. The van der Waals surface area contributed by atoms with Crippen LogP contribution in [0.15, 0.2) is 28.4 Å². The van der Waals surface area contributed by atoms with E-state index in [4.69, 9.17) is 21.3 Å². The highest BCUT2D eigenvalue weighted by Crippen LogP contribution is 2.47. The molecule has 1 aromatic carbocycles. The summed E-state index contributed by atoms with van der Waals surface area (Å²) in [6, 6.07) is 6.74. The number of likely N-dealkylation sites (N-methyl/N-ethyl adjacent to an activating group) is 1. The maximum atomic E-state index is 13.6. The molecule has 0 saturated heterocycles. The van der Waals surface area contributed by atoms with Crippen molar-refractivity contribution in [1.82, 2.24) is 14.5 Å². The molecule has 1 aliphatic heterocycles. The van der Waals surface area contributed by atoms with Crippen molar-refractivity contribution in [2.24, 2.45) is 0 Å². The summed E-state index contributed by atoms with van der Waals surface area (Å²) in [5.41, 5.74) is 3.76. The monoisotopic (exact) mass is 582 g/mol. The van der Waals surface area contributed by atoms with E-state index in [1.165, 1.54) is 24.2 Å². The smallest absolute Gasteiger partial charge is 0.338 e. The predicted molar refractivity (Wildman–Crippen MR) is 158 cm³/mol. The molecule has 0 radical (unpaired) electrons. The average molecular weight is 583 g/mol. The molecule has 1 fully saturated rings. The van der Waals surface area contributed by atoms with E-state index in [1.54, 1.807) is 16.0 Å². The van der Waals surface area contributed by atoms with Crippen LogP contribution in [0.25, 0.3) is 0 Å². The van der Waals surface area contributed by atoms with Crippen molar-refractivity contribution in [3.63, 3.8) is 0 Å². The van der Waals surface area contributed by atoms with Gasteiger partial charge in [0.1, 0.15) is 18.2 Å². The zero-order chi connectivity index (χ0) is 28.1. The van der Waals surface area contributed by atoms with Crippen LogP contribution >= 0.6 is 22.9 Å². The second-order valence-corrected chi connectivity index (χ2v) is 12.7. The number of aromatic carboxylic acids is 1. The molecule has 3 aliphatic rings. The Balaban J connectivity index is 1.23. The summed E-state index contributed by atoms with van der Waals surface area (Å²) in [7, 11) is 2.19. The molecule has 3 aromatic rings. The van der Waals surface area contributed by atoms with Gasteiger partial charge in [-0.05, 0) is 77.6 Å². The van der Waals surface area contributed by atoms with Gasteiger partial charge in [0.15, 0.2) is 0 Å². The summed E-state index contributed by atoms with van der Waals surface area (Å²) < 4.78 is 8.07. The summed E-state index contributed by atoms with van der Waals surface area (Å²) >= 11 is 7.88. The molecule has 2 aliphatic carbocycles. The Hall–Kier alpha value is -2.88. The first-order valence-electron chi connectivity index (χ1n) is 14.1. The number of halogens is 1. The number of carboxylic acids is 1. The van der Waals surface area contributed by atoms with Gasteiger partial charge in [0.2, 0.25) is 0 Å². The van der Waals surface area contributed by atoms with Gasteiger partial charge in [-0.1, -0.05) is 11.6 Å². The Kier molecular flexibility index (Phi) is 7.39. The van der Waals surface area contributed by atoms with Crippen molar-refractivity contribution in [3.8, 4) is 5.75 Å². The fraction of sp³-hybridized carbons (Fsp3) is 0.500. The molecule has 2 aromatic heterocycles. The van der Waals surface area contributed by atoms with Crippen LogP contribution in [0, 0.1) is 6.92 Å². The Labute approximate surface area is 243 Å². The number of carbonyl (C=O) groups is 1. The maximum absolute atomic E-state index is 13.6. The van der Waals surface area contributed by atoms with Crippen molar-refractivity contribution in [2.75, 3.05) is 19.0 Å². The molecule has 3 heterocycles. The van der Waals surface area contributed by atoms with E-state index < -0.39 is 5.97 Å². The number of aromatic nitrogens is 2. The van der Waals surface area contributed by atoms with E-state index >= 15 is 0 Å². The van der Waals surface area contributed by atoms with Crippen molar-refractivity contribution in [2.45, 2.75) is 83.0 Å². The Morgan fingerprint density at radius 2 is 2.10 bits per heavy atom. The van der Waals surface area contributed by atoms with Crippen LogP contribution in [0.4, 0.5) is 5.69 Å². The van der Waals surface area contributed by atoms with Gasteiger partial charge in [-0.3, -0.25) is 9.36 Å². The third-order valence-electron chi connectivity index (χ3n) is 8.66. The van der Waals surface area contributed by atoms with Crippen molar-refractivity contribution in [3.05, 3.63) is 72.0 Å². The lowest BCUT2D eigenvalue weighted by molar-refractivity contribution is 0.0698. The van der Waals surface area contributed by atoms with Crippen LogP contribution < -0.4 is 15.6 Å². The van der Waals surface area contributed by atoms with Crippen molar-refractivity contribution >= 4 is 34.6 Å². The van der Waals surface area contributed by atoms with Gasteiger partial charge >= 0.3 is 5.97 Å². The largest absolute Gasteiger partial charge is 0.491 e. The van der Waals surface area contributed by atoms with Gasteiger partial charge in [-0.15, -0.1) is 11.3 Å². The average Bonchev–Trinajstić information content (AvgIpc) is 3.69. The highest BCUT2D eigenvalue weighted by molar-refractivity contribution is 7.11. The van der Waals surface area contributed by atoms with E-state index in [9.17, 15) is 14.7 Å². The number of fused-ring (bicyclic) bond motifs is 2. The molecule has 10 heteroatoms. The number of hydrogen-bond donors (Lipinski definition) is 2. The Morgan fingerprint density at radius 1 is 1.30 bits per heavy atom. The highest BCUT2D eigenvalue weighted by atomic mass is 35.5. The number of rotatable bonds is 8. The minimum absolute atomic E-state index is 0.0479. The van der Waals surface area contributed by atoms with Crippen LogP contribution in [-0.2, 0) is 19.4 Å². The first-order chi connectivity index (χ1) is 19.2. The SMILES string of the molecule is Cc1nc2c(c(=O)n1CCOc1ccc(Cl)cc1C1CC(C)Nc3c(C(=O)O)csc31)CC(N(C)C1CC1)CC2. The van der Waals surface area contributed by atoms with Gasteiger partial charge < -0.3 is 20.1 Å². The maximum Gasteiger partial charge on any atom is 0.338 e. The fourth-order valence-electron chi connectivity index (χ4n) is 6.34. The zero-order valence-corrected chi connectivity index (χ0v) is 24.6. The number of hydrogen-bond acceptors (Lipinski definition) is 7. The summed E-state index contributed by atoms with van der Waals surface area (Å²) in [4.78, 5) is 33.6. The van der Waals surface area contributed by atoms with Crippen molar-refractivity contribution in [1.29, 1.82) is 0 Å². The number of thiophene rings is 1. The Bertz CT molecular complexity index is 1510. The van der Waals surface area contributed by atoms with E-state index in [0.29, 0.717) is 53.1 Å². The van der Waals surface area contributed by atoms with Gasteiger partial charge in [-0.25, -0.2) is 9.78 Å². The van der Waals surface area contributed by atoms with E-state index in [2.05, 4.69) is 24.2 Å². The summed E-state index contributed by atoms with van der Waals surface area (Å²) in [6.45, 7) is 4.65. The number of nitrogens with one attached hydrogen (secondary N) is 1. The zero-order valence-electron chi connectivity index (χ0n) is 23.1. The molecule has 3 unspecified atom stereocenters. The lowest BCUT2D eigenvalue weighted by Crippen LogP contribution is -2.42. The lowest BCUT2D eigenvalue weighted by atomic mass is 9.86. The number of aryl methyl sites for hydroxylation is 2. The molecule has 0 amide bonds. The van der Waals surface area contributed by atoms with E-state index in [1.807, 2.05) is 19.1 Å². The molecular formula is C30H35ClN4O4S. The normalized spacial score (nSPS) is 22.0. The van der Waals surface area contributed by atoms with Crippen LogP contribution in [0.3, 0.4) is 0 Å². The van der Waals surface area contributed by atoms with Crippen LogP contribution in [0.1, 0.15) is 76.4 Å². The molecule has 3 atom stereocenters. The molecule has 6 rings (SSSR count). The predicted octanol–water partition coefficient (Wildman–Crippen LogP) is 5.33. The number of ether oxygens (including phenoxy) is 1. The van der Waals surface area contributed by atoms with Gasteiger partial charge in [-0.2, -0.15) is 0 Å². The topological polar surface area (TPSA) is 96.7 Å². The first-order valence-corrected chi connectivity index (χ1v) is 15.3. The van der Waals surface area contributed by atoms with Crippen LogP contribution in [-0.4, -0.2) is 57.3 Å². The van der Waals surface area contributed by atoms with Crippen LogP contribution in [0.5, 0.6) is 5.75 Å². The summed E-state index contributed by atoms with van der Waals surface area (Å²) in [5.74, 6) is 0.426. The Morgan fingerprint density at radius 3 is 2.85 bits per heavy atom. The summed E-state index contributed by atoms with van der Waals surface area (Å²) in [6.07, 6.45) is 5.95. The van der Waals surface area contributed by atoms with Gasteiger partial charge in [0.05, 0.1) is 23.5 Å². The van der Waals surface area contributed by atoms with E-state index in [0.717, 1.165) is 47.4 Å². The highest BCUT2D eigenvalue weighted by Gasteiger charge is 2.35. The third kappa shape index (κ3) is 5.15. The molecule has 212 valence electrons. The fourth-order valence-corrected chi connectivity index (χ4v) is 7.66. The minimum Gasteiger partial charge on any atom is -0.491 e. The summed E-state index contributed by atoms with van der Waals surface area (Å²) in [5, 5.41) is 15.3.